The van der Waals surface area contributed by atoms with E-state index in [4.69, 9.17) is 5.26 Å². The Morgan fingerprint density at radius 2 is 2.35 bits per heavy atom. The summed E-state index contributed by atoms with van der Waals surface area (Å²) in [5.74, 6) is -0.392. The van der Waals surface area contributed by atoms with Crippen molar-refractivity contribution in [2.24, 2.45) is 5.92 Å². The normalized spacial score (nSPS) is 17.0. The summed E-state index contributed by atoms with van der Waals surface area (Å²) in [7, 11) is 0. The molecule has 3 rings (SSSR count). The summed E-state index contributed by atoms with van der Waals surface area (Å²) in [6, 6.07) is 7.82. The highest BCUT2D eigenvalue weighted by Crippen LogP contribution is 2.21. The molecule has 1 fully saturated rings. The minimum Gasteiger partial charge on any atom is -0.350 e. The monoisotopic (exact) mass is 313 g/mol. The number of benzene rings is 1. The first-order valence-corrected chi connectivity index (χ1v) is 7.40. The van der Waals surface area contributed by atoms with Crippen LogP contribution < -0.4 is 5.32 Å². The number of aromatic nitrogens is 2. The number of rotatable bonds is 4. The van der Waals surface area contributed by atoms with E-state index >= 15 is 0 Å². The molecule has 23 heavy (non-hydrogen) atoms. The third-order valence-corrected chi connectivity index (χ3v) is 3.95. The average Bonchev–Trinajstić information content (AvgIpc) is 3.22. The van der Waals surface area contributed by atoms with Gasteiger partial charge in [-0.1, -0.05) is 12.1 Å². The first kappa shape index (κ1) is 15.0. The topological polar surface area (TPSA) is 84.8 Å². The van der Waals surface area contributed by atoms with Crippen LogP contribution in [0.15, 0.2) is 30.3 Å². The summed E-state index contributed by atoms with van der Waals surface area (Å²) in [5, 5.41) is 18.3. The minimum atomic E-state index is -0.381. The molecule has 2 aromatic rings. The highest BCUT2D eigenvalue weighted by Gasteiger charge is 2.22. The Kier molecular flexibility index (Phi) is 4.24. The van der Waals surface area contributed by atoms with Crippen LogP contribution in [0.1, 0.15) is 16.9 Å². The van der Waals surface area contributed by atoms with Gasteiger partial charge in [0.05, 0.1) is 5.69 Å². The molecule has 1 unspecified atom stereocenters. The number of carbonyl (C=O) groups is 1. The lowest BCUT2D eigenvalue weighted by atomic mass is 10.1. The van der Waals surface area contributed by atoms with Crippen molar-refractivity contribution in [1.82, 2.24) is 20.4 Å². The van der Waals surface area contributed by atoms with Crippen LogP contribution in [0.4, 0.5) is 4.39 Å². The van der Waals surface area contributed by atoms with Crippen LogP contribution in [-0.2, 0) is 0 Å². The van der Waals surface area contributed by atoms with E-state index < -0.39 is 0 Å². The summed E-state index contributed by atoms with van der Waals surface area (Å²) < 4.78 is 13.7. The third kappa shape index (κ3) is 3.31. The zero-order chi connectivity index (χ0) is 16.2. The van der Waals surface area contributed by atoms with E-state index in [9.17, 15) is 9.18 Å². The molecule has 1 amide bonds. The van der Waals surface area contributed by atoms with Crippen LogP contribution in [-0.4, -0.2) is 40.6 Å². The number of nitrogens with one attached hydrogen (secondary N) is 2. The van der Waals surface area contributed by atoms with Gasteiger partial charge >= 0.3 is 0 Å². The van der Waals surface area contributed by atoms with Gasteiger partial charge in [-0.3, -0.25) is 9.89 Å². The Morgan fingerprint density at radius 1 is 1.52 bits per heavy atom. The Labute approximate surface area is 132 Å². The van der Waals surface area contributed by atoms with Crippen molar-refractivity contribution in [2.75, 3.05) is 19.6 Å². The van der Waals surface area contributed by atoms with Crippen LogP contribution in [0.3, 0.4) is 0 Å². The maximum absolute atomic E-state index is 13.7. The van der Waals surface area contributed by atoms with Gasteiger partial charge in [0.15, 0.2) is 6.19 Å². The summed E-state index contributed by atoms with van der Waals surface area (Å²) >= 11 is 0. The predicted octanol–water partition coefficient (Wildman–Crippen LogP) is 1.75. The molecule has 2 N–H and O–H groups in total. The molecule has 0 aliphatic carbocycles. The van der Waals surface area contributed by atoms with Crippen molar-refractivity contribution in [3.63, 3.8) is 0 Å². The second-order valence-electron chi connectivity index (χ2n) is 5.56. The van der Waals surface area contributed by atoms with Gasteiger partial charge in [0.2, 0.25) is 0 Å². The lowest BCUT2D eigenvalue weighted by Gasteiger charge is -2.10. The number of hydrogen-bond donors (Lipinski definition) is 2. The number of amides is 1. The number of carbonyl (C=O) groups excluding carboxylic acids is 1. The van der Waals surface area contributed by atoms with Crippen molar-refractivity contribution in [1.29, 1.82) is 5.26 Å². The average molecular weight is 313 g/mol. The lowest BCUT2D eigenvalue weighted by molar-refractivity contribution is 0.0942. The number of nitriles is 1. The molecule has 1 aromatic carbocycles. The number of H-pyrrole nitrogens is 1. The zero-order valence-electron chi connectivity index (χ0n) is 12.4. The maximum Gasteiger partial charge on any atom is 0.269 e. The standard InChI is InChI=1S/C16H16FN5O/c17-13-4-2-1-3-12(13)14-7-15(21-20-14)16(23)19-8-11-5-6-22(9-11)10-18/h1-4,7,11H,5-6,8-9H2,(H,19,23)(H,20,21). The van der Waals surface area contributed by atoms with Gasteiger partial charge in [0, 0.05) is 25.2 Å². The van der Waals surface area contributed by atoms with Gasteiger partial charge in [-0.15, -0.1) is 0 Å². The molecule has 118 valence electrons. The molecule has 7 heteroatoms. The number of nitrogens with zero attached hydrogens (tertiary/aromatic N) is 3. The van der Waals surface area contributed by atoms with Crippen molar-refractivity contribution in [2.45, 2.75) is 6.42 Å². The second kappa shape index (κ2) is 6.48. The highest BCUT2D eigenvalue weighted by molar-refractivity contribution is 5.93. The Hall–Kier alpha value is -2.88. The maximum atomic E-state index is 13.7. The second-order valence-corrected chi connectivity index (χ2v) is 5.56. The molecular formula is C16H16FN5O. The number of hydrogen-bond acceptors (Lipinski definition) is 4. The van der Waals surface area contributed by atoms with E-state index in [1.54, 1.807) is 23.1 Å². The van der Waals surface area contributed by atoms with E-state index in [1.807, 2.05) is 0 Å². The SMILES string of the molecule is N#CN1CCC(CNC(=O)c2cc(-c3ccccc3F)n[nH]2)C1. The molecule has 1 saturated heterocycles. The van der Waals surface area contributed by atoms with Crippen LogP contribution >= 0.6 is 0 Å². The van der Waals surface area contributed by atoms with E-state index in [1.165, 1.54) is 12.1 Å². The van der Waals surface area contributed by atoms with Crippen molar-refractivity contribution in [3.8, 4) is 17.5 Å². The predicted molar refractivity (Wildman–Crippen MR) is 81.6 cm³/mol. The first-order chi connectivity index (χ1) is 11.2. The Morgan fingerprint density at radius 3 is 3.09 bits per heavy atom. The van der Waals surface area contributed by atoms with Gasteiger partial charge in [-0.05, 0) is 30.5 Å². The zero-order valence-corrected chi connectivity index (χ0v) is 12.4. The smallest absolute Gasteiger partial charge is 0.269 e. The Bertz CT molecular complexity index is 751. The molecule has 2 heterocycles. The van der Waals surface area contributed by atoms with Crippen LogP contribution in [0.25, 0.3) is 11.3 Å². The summed E-state index contributed by atoms with van der Waals surface area (Å²) in [6.07, 6.45) is 3.00. The minimum absolute atomic E-state index is 0.271. The molecular weight excluding hydrogens is 297 g/mol. The van der Waals surface area contributed by atoms with Gasteiger partial charge < -0.3 is 10.2 Å². The molecule has 1 atom stereocenters. The quantitative estimate of drug-likeness (QED) is 0.842. The fourth-order valence-corrected chi connectivity index (χ4v) is 2.67. The molecule has 1 aromatic heterocycles. The number of halogens is 1. The molecule has 6 nitrogen and oxygen atoms in total. The van der Waals surface area contributed by atoms with Crippen molar-refractivity contribution < 1.29 is 9.18 Å². The van der Waals surface area contributed by atoms with Gasteiger partial charge in [0.25, 0.3) is 5.91 Å². The molecule has 0 radical (unpaired) electrons. The molecule has 1 aliphatic heterocycles. The van der Waals surface area contributed by atoms with Crippen LogP contribution in [0, 0.1) is 23.2 Å². The van der Waals surface area contributed by atoms with Crippen molar-refractivity contribution >= 4 is 5.91 Å². The molecule has 1 aliphatic rings. The highest BCUT2D eigenvalue weighted by atomic mass is 19.1. The van der Waals surface area contributed by atoms with E-state index in [-0.39, 0.29) is 17.6 Å². The fourth-order valence-electron chi connectivity index (χ4n) is 2.67. The number of likely N-dealkylation sites (tertiary alicyclic amines) is 1. The van der Waals surface area contributed by atoms with Gasteiger partial charge in [0.1, 0.15) is 11.5 Å². The molecule has 0 saturated carbocycles. The first-order valence-electron chi connectivity index (χ1n) is 7.40. The van der Waals surface area contributed by atoms with E-state index in [0.29, 0.717) is 30.0 Å². The van der Waals surface area contributed by atoms with Crippen LogP contribution in [0.2, 0.25) is 0 Å². The lowest BCUT2D eigenvalue weighted by Crippen LogP contribution is -2.30. The number of aromatic amines is 1. The van der Waals surface area contributed by atoms with Gasteiger partial charge in [-0.2, -0.15) is 10.4 Å². The molecule has 0 spiro atoms. The summed E-state index contributed by atoms with van der Waals surface area (Å²) in [4.78, 5) is 13.8. The van der Waals surface area contributed by atoms with Crippen LogP contribution in [0.5, 0.6) is 0 Å². The largest absolute Gasteiger partial charge is 0.350 e. The molecule has 0 bridgehead atoms. The van der Waals surface area contributed by atoms with Gasteiger partial charge in [-0.25, -0.2) is 4.39 Å². The summed E-state index contributed by atoms with van der Waals surface area (Å²) in [5.41, 5.74) is 1.03. The third-order valence-electron chi connectivity index (χ3n) is 3.95. The van der Waals surface area contributed by atoms with Crippen molar-refractivity contribution in [3.05, 3.63) is 41.8 Å². The van der Waals surface area contributed by atoms with E-state index in [2.05, 4.69) is 21.7 Å². The summed E-state index contributed by atoms with van der Waals surface area (Å²) in [6.45, 7) is 1.91. The Balaban J connectivity index is 1.61. The fraction of sp³-hybridized carbons (Fsp3) is 0.312. The van der Waals surface area contributed by atoms with E-state index in [0.717, 1.165) is 13.0 Å².